The summed E-state index contributed by atoms with van der Waals surface area (Å²) < 4.78 is 0. The lowest BCUT2D eigenvalue weighted by Crippen LogP contribution is -2.25. The van der Waals surface area contributed by atoms with Gasteiger partial charge in [0, 0.05) is 38.2 Å². The Morgan fingerprint density at radius 2 is 1.86 bits per heavy atom. The molecule has 0 spiro atoms. The number of hydrogen-bond acceptors (Lipinski definition) is 5. The third-order valence-electron chi connectivity index (χ3n) is 4.09. The topological polar surface area (TPSA) is 45.2 Å². The van der Waals surface area contributed by atoms with Gasteiger partial charge >= 0.3 is 0 Å². The zero-order valence-electron chi connectivity index (χ0n) is 13.7. The molecule has 1 aliphatic rings. The largest absolute Gasteiger partial charge is 0.363 e. The summed E-state index contributed by atoms with van der Waals surface area (Å²) in [5.74, 6) is 1.84. The molecule has 0 N–H and O–H groups in total. The van der Waals surface area contributed by atoms with Crippen LogP contribution in [0.15, 0.2) is 24.4 Å². The Morgan fingerprint density at radius 3 is 2.55 bits per heavy atom. The van der Waals surface area contributed by atoms with Gasteiger partial charge in [-0.3, -0.25) is 0 Å². The molecule has 0 radical (unpaired) electrons. The van der Waals surface area contributed by atoms with Crippen LogP contribution in [0.4, 0.5) is 11.8 Å². The van der Waals surface area contributed by atoms with Crippen LogP contribution in [0.25, 0.3) is 0 Å². The van der Waals surface area contributed by atoms with Crippen LogP contribution in [-0.2, 0) is 0 Å². The van der Waals surface area contributed by atoms with Crippen molar-refractivity contribution >= 4 is 11.8 Å². The minimum atomic E-state index is 0.336. The Morgan fingerprint density at radius 1 is 1.14 bits per heavy atom. The van der Waals surface area contributed by atoms with Crippen LogP contribution >= 0.6 is 0 Å². The normalized spacial score (nSPS) is 17.8. The van der Waals surface area contributed by atoms with Crippen LogP contribution in [0.5, 0.6) is 0 Å². The van der Waals surface area contributed by atoms with Crippen LogP contribution < -0.4 is 9.80 Å². The summed E-state index contributed by atoms with van der Waals surface area (Å²) in [7, 11) is 4.04. The predicted molar refractivity (Wildman–Crippen MR) is 89.4 cm³/mol. The molecule has 1 unspecified atom stereocenters. The number of rotatable bonds is 3. The van der Waals surface area contributed by atoms with E-state index < -0.39 is 0 Å². The van der Waals surface area contributed by atoms with E-state index in [4.69, 9.17) is 0 Å². The zero-order valence-corrected chi connectivity index (χ0v) is 13.7. The van der Waals surface area contributed by atoms with Gasteiger partial charge in [0.15, 0.2) is 0 Å². The molecule has 1 aliphatic heterocycles. The van der Waals surface area contributed by atoms with Crippen LogP contribution in [0, 0.1) is 13.8 Å². The van der Waals surface area contributed by atoms with Crippen molar-refractivity contribution < 1.29 is 0 Å². The highest BCUT2D eigenvalue weighted by Crippen LogP contribution is 2.35. The van der Waals surface area contributed by atoms with Crippen LogP contribution in [0.2, 0.25) is 0 Å². The second-order valence-corrected chi connectivity index (χ2v) is 6.14. The molecule has 5 heteroatoms. The minimum absolute atomic E-state index is 0.336. The molecule has 2 aromatic rings. The Hall–Kier alpha value is -2.17. The second-order valence-electron chi connectivity index (χ2n) is 6.14. The summed E-state index contributed by atoms with van der Waals surface area (Å²) in [6.45, 7) is 5.06. The molecule has 0 bridgehead atoms. The molecule has 3 heterocycles. The van der Waals surface area contributed by atoms with Gasteiger partial charge in [-0.25, -0.2) is 15.0 Å². The van der Waals surface area contributed by atoms with Gasteiger partial charge in [-0.15, -0.1) is 0 Å². The third kappa shape index (κ3) is 2.89. The van der Waals surface area contributed by atoms with Crippen molar-refractivity contribution in [1.29, 1.82) is 0 Å². The molecule has 0 saturated carbocycles. The fourth-order valence-corrected chi connectivity index (χ4v) is 3.07. The average Bonchev–Trinajstić information content (AvgIpc) is 2.95. The van der Waals surface area contributed by atoms with E-state index in [0.29, 0.717) is 6.04 Å². The first-order valence-corrected chi connectivity index (χ1v) is 7.77. The molecule has 1 atom stereocenters. The second kappa shape index (κ2) is 5.91. The highest BCUT2D eigenvalue weighted by Gasteiger charge is 2.28. The molecule has 0 aliphatic carbocycles. The van der Waals surface area contributed by atoms with Crippen molar-refractivity contribution in [3.8, 4) is 0 Å². The summed E-state index contributed by atoms with van der Waals surface area (Å²) in [5.41, 5.74) is 3.34. The number of aryl methyl sites for hydroxylation is 2. The van der Waals surface area contributed by atoms with Gasteiger partial charge in [0.2, 0.25) is 5.95 Å². The van der Waals surface area contributed by atoms with E-state index in [2.05, 4.69) is 32.0 Å². The van der Waals surface area contributed by atoms with Gasteiger partial charge in [0.05, 0.1) is 6.04 Å². The lowest BCUT2D eigenvalue weighted by atomic mass is 10.1. The summed E-state index contributed by atoms with van der Waals surface area (Å²) in [6, 6.07) is 6.64. The van der Waals surface area contributed by atoms with Gasteiger partial charge in [-0.2, -0.15) is 0 Å². The first kappa shape index (κ1) is 14.8. The molecule has 22 heavy (non-hydrogen) atoms. The van der Waals surface area contributed by atoms with E-state index in [1.54, 1.807) is 0 Å². The lowest BCUT2D eigenvalue weighted by molar-refractivity contribution is 0.697. The van der Waals surface area contributed by atoms with Crippen LogP contribution in [0.3, 0.4) is 0 Å². The van der Waals surface area contributed by atoms with Crippen molar-refractivity contribution in [2.75, 3.05) is 30.4 Å². The Balaban J connectivity index is 1.94. The quantitative estimate of drug-likeness (QED) is 0.871. The maximum absolute atomic E-state index is 4.64. The molecule has 116 valence electrons. The standard InChI is InChI=1S/C17H23N5/c1-12-10-13(2)20-17(19-12)22-9-5-6-15(22)14-7-8-18-16(11-14)21(3)4/h7-8,10-11,15H,5-6,9H2,1-4H3. The van der Waals surface area contributed by atoms with E-state index in [1.165, 1.54) is 12.0 Å². The van der Waals surface area contributed by atoms with Crippen LogP contribution in [-0.4, -0.2) is 35.6 Å². The fraction of sp³-hybridized carbons (Fsp3) is 0.471. The molecule has 0 aromatic carbocycles. The SMILES string of the molecule is Cc1cc(C)nc(N2CCCC2c2ccnc(N(C)C)c2)n1. The number of hydrogen-bond donors (Lipinski definition) is 0. The van der Waals surface area contributed by atoms with Gasteiger partial charge in [0.1, 0.15) is 5.82 Å². The van der Waals surface area contributed by atoms with E-state index in [1.807, 2.05) is 45.1 Å². The smallest absolute Gasteiger partial charge is 0.226 e. The Labute approximate surface area is 132 Å². The van der Waals surface area contributed by atoms with E-state index >= 15 is 0 Å². The molecular weight excluding hydrogens is 274 g/mol. The van der Waals surface area contributed by atoms with Gasteiger partial charge in [-0.1, -0.05) is 0 Å². The fourth-order valence-electron chi connectivity index (χ4n) is 3.07. The maximum Gasteiger partial charge on any atom is 0.226 e. The van der Waals surface area contributed by atoms with Gasteiger partial charge in [0.25, 0.3) is 0 Å². The molecule has 5 nitrogen and oxygen atoms in total. The number of nitrogens with zero attached hydrogens (tertiary/aromatic N) is 5. The Bertz CT molecular complexity index is 648. The molecule has 3 rings (SSSR count). The highest BCUT2D eigenvalue weighted by atomic mass is 15.3. The van der Waals surface area contributed by atoms with Crippen molar-refractivity contribution in [3.63, 3.8) is 0 Å². The predicted octanol–water partition coefficient (Wildman–Crippen LogP) is 2.90. The van der Waals surface area contributed by atoms with Crippen molar-refractivity contribution in [3.05, 3.63) is 41.3 Å². The van der Waals surface area contributed by atoms with Gasteiger partial charge < -0.3 is 9.80 Å². The third-order valence-corrected chi connectivity index (χ3v) is 4.09. The van der Waals surface area contributed by atoms with Crippen molar-refractivity contribution in [2.24, 2.45) is 0 Å². The first-order chi connectivity index (χ1) is 10.5. The van der Waals surface area contributed by atoms with Gasteiger partial charge in [-0.05, 0) is 50.5 Å². The van der Waals surface area contributed by atoms with E-state index in [9.17, 15) is 0 Å². The highest BCUT2D eigenvalue weighted by molar-refractivity contribution is 5.45. The van der Waals surface area contributed by atoms with Crippen LogP contribution in [0.1, 0.15) is 35.8 Å². The maximum atomic E-state index is 4.64. The average molecular weight is 297 g/mol. The molecule has 1 saturated heterocycles. The number of aromatic nitrogens is 3. The molecule has 0 amide bonds. The summed E-state index contributed by atoms with van der Waals surface area (Å²) in [5, 5.41) is 0. The summed E-state index contributed by atoms with van der Waals surface area (Å²) >= 11 is 0. The summed E-state index contributed by atoms with van der Waals surface area (Å²) in [6.07, 6.45) is 4.19. The molecule has 1 fully saturated rings. The van der Waals surface area contributed by atoms with E-state index in [0.717, 1.165) is 36.1 Å². The monoisotopic (exact) mass is 297 g/mol. The Kier molecular flexibility index (Phi) is 3.96. The first-order valence-electron chi connectivity index (χ1n) is 7.77. The lowest BCUT2D eigenvalue weighted by Gasteiger charge is -2.26. The van der Waals surface area contributed by atoms with E-state index in [-0.39, 0.29) is 0 Å². The zero-order chi connectivity index (χ0) is 15.7. The minimum Gasteiger partial charge on any atom is -0.363 e. The molecule has 2 aromatic heterocycles. The summed E-state index contributed by atoms with van der Waals surface area (Å²) in [4.78, 5) is 18.1. The number of anilines is 2. The van der Waals surface area contributed by atoms with Crippen molar-refractivity contribution in [2.45, 2.75) is 32.7 Å². The number of pyridine rings is 1. The van der Waals surface area contributed by atoms with Crippen molar-refractivity contribution in [1.82, 2.24) is 15.0 Å². The molecular formula is C17H23N5.